The maximum absolute atomic E-state index is 13.2. The van der Waals surface area contributed by atoms with Gasteiger partial charge in [-0.05, 0) is 31.0 Å². The maximum atomic E-state index is 13.2. The second-order valence-electron chi connectivity index (χ2n) is 4.47. The number of halogens is 1. The number of nitrogens with one attached hydrogen (secondary N) is 2. The van der Waals surface area contributed by atoms with E-state index in [1.165, 1.54) is 6.07 Å². The zero-order valence-corrected chi connectivity index (χ0v) is 10.7. The molecule has 2 rings (SSSR count). The average molecular weight is 282 g/mol. The standard InChI is InChI=1S/C13H15FN2O4/c14-11-4-3-8(6-10(11)12(17)18)16-13(19)15-7-9-2-1-5-20-9/h3-4,6,9H,1-2,5,7H2,(H,17,18)(H2,15,16,19). The van der Waals surface area contributed by atoms with Crippen molar-refractivity contribution >= 4 is 17.7 Å². The minimum atomic E-state index is -1.38. The van der Waals surface area contributed by atoms with E-state index in [1.54, 1.807) is 0 Å². The van der Waals surface area contributed by atoms with Gasteiger partial charge in [-0.15, -0.1) is 0 Å². The molecule has 7 heteroatoms. The molecule has 1 aliphatic rings. The van der Waals surface area contributed by atoms with Crippen molar-refractivity contribution in [2.45, 2.75) is 18.9 Å². The number of ether oxygens (including phenoxy) is 1. The monoisotopic (exact) mass is 282 g/mol. The fourth-order valence-corrected chi connectivity index (χ4v) is 1.95. The van der Waals surface area contributed by atoms with E-state index in [1.807, 2.05) is 0 Å². The predicted molar refractivity (Wildman–Crippen MR) is 69.4 cm³/mol. The number of hydrogen-bond acceptors (Lipinski definition) is 3. The van der Waals surface area contributed by atoms with E-state index >= 15 is 0 Å². The van der Waals surface area contributed by atoms with Crippen molar-refractivity contribution in [1.82, 2.24) is 5.32 Å². The molecule has 3 N–H and O–H groups in total. The van der Waals surface area contributed by atoms with Crippen LogP contribution in [0.3, 0.4) is 0 Å². The van der Waals surface area contributed by atoms with Crippen LogP contribution in [0, 0.1) is 5.82 Å². The van der Waals surface area contributed by atoms with Gasteiger partial charge in [-0.3, -0.25) is 0 Å². The summed E-state index contributed by atoms with van der Waals surface area (Å²) in [4.78, 5) is 22.4. The van der Waals surface area contributed by atoms with Crippen LogP contribution >= 0.6 is 0 Å². The lowest BCUT2D eigenvalue weighted by molar-refractivity contribution is 0.0692. The number of rotatable bonds is 4. The summed E-state index contributed by atoms with van der Waals surface area (Å²) in [5.41, 5.74) is -0.268. The van der Waals surface area contributed by atoms with Crippen molar-refractivity contribution in [3.63, 3.8) is 0 Å². The first kappa shape index (κ1) is 14.3. The van der Waals surface area contributed by atoms with E-state index in [9.17, 15) is 14.0 Å². The third-order valence-electron chi connectivity index (χ3n) is 2.97. The highest BCUT2D eigenvalue weighted by atomic mass is 19.1. The van der Waals surface area contributed by atoms with Crippen molar-refractivity contribution in [3.8, 4) is 0 Å². The highest BCUT2D eigenvalue weighted by Gasteiger charge is 2.16. The van der Waals surface area contributed by atoms with Gasteiger partial charge < -0.3 is 20.5 Å². The molecule has 1 aromatic rings. The molecule has 1 heterocycles. The number of hydrogen-bond donors (Lipinski definition) is 3. The number of carbonyl (C=O) groups is 2. The minimum Gasteiger partial charge on any atom is -0.478 e. The molecule has 0 aliphatic carbocycles. The summed E-state index contributed by atoms with van der Waals surface area (Å²) in [5, 5.41) is 13.9. The lowest BCUT2D eigenvalue weighted by Crippen LogP contribution is -2.35. The van der Waals surface area contributed by atoms with Gasteiger partial charge in [-0.1, -0.05) is 0 Å². The number of urea groups is 1. The van der Waals surface area contributed by atoms with Gasteiger partial charge in [-0.25, -0.2) is 14.0 Å². The largest absolute Gasteiger partial charge is 0.478 e. The van der Waals surface area contributed by atoms with Gasteiger partial charge in [0.1, 0.15) is 5.82 Å². The molecule has 1 fully saturated rings. The van der Waals surface area contributed by atoms with Gasteiger partial charge in [0, 0.05) is 18.8 Å². The fourth-order valence-electron chi connectivity index (χ4n) is 1.95. The van der Waals surface area contributed by atoms with Gasteiger partial charge in [0.05, 0.1) is 11.7 Å². The Morgan fingerprint density at radius 3 is 2.90 bits per heavy atom. The lowest BCUT2D eigenvalue weighted by Gasteiger charge is -2.12. The van der Waals surface area contributed by atoms with E-state index < -0.39 is 23.4 Å². The van der Waals surface area contributed by atoms with Crippen LogP contribution < -0.4 is 10.6 Å². The van der Waals surface area contributed by atoms with Gasteiger partial charge in [0.2, 0.25) is 0 Å². The summed E-state index contributed by atoms with van der Waals surface area (Å²) >= 11 is 0. The zero-order chi connectivity index (χ0) is 14.5. The first-order valence-corrected chi connectivity index (χ1v) is 6.25. The van der Waals surface area contributed by atoms with Gasteiger partial charge >= 0.3 is 12.0 Å². The SMILES string of the molecule is O=C(NCC1CCCO1)Nc1ccc(F)c(C(=O)O)c1. The Labute approximate surface area is 114 Å². The third-order valence-corrected chi connectivity index (χ3v) is 2.97. The molecule has 6 nitrogen and oxygen atoms in total. The molecule has 1 atom stereocenters. The summed E-state index contributed by atoms with van der Waals surface area (Å²) in [5.74, 6) is -2.23. The second kappa shape index (κ2) is 6.33. The van der Waals surface area contributed by atoms with Gasteiger partial charge in [0.25, 0.3) is 0 Å². The summed E-state index contributed by atoms with van der Waals surface area (Å²) in [6.07, 6.45) is 1.90. The summed E-state index contributed by atoms with van der Waals surface area (Å²) in [6, 6.07) is 2.89. The number of benzene rings is 1. The number of aromatic carboxylic acids is 1. The normalized spacial score (nSPS) is 17.8. The molecule has 0 bridgehead atoms. The van der Waals surface area contributed by atoms with Crippen LogP contribution in [0.25, 0.3) is 0 Å². The highest BCUT2D eigenvalue weighted by molar-refractivity contribution is 5.93. The van der Waals surface area contributed by atoms with Crippen LogP contribution in [-0.4, -0.2) is 36.4 Å². The number of carboxylic acids is 1. The Bertz CT molecular complexity index is 515. The molecule has 2 amide bonds. The van der Waals surface area contributed by atoms with E-state index in [0.29, 0.717) is 13.2 Å². The van der Waals surface area contributed by atoms with Crippen molar-refractivity contribution in [1.29, 1.82) is 0 Å². The molecular formula is C13H15FN2O4. The Kier molecular flexibility index (Phi) is 4.52. The van der Waals surface area contributed by atoms with Crippen LogP contribution in [0.1, 0.15) is 23.2 Å². The minimum absolute atomic E-state index is 0.0172. The molecule has 0 saturated carbocycles. The topological polar surface area (TPSA) is 87.7 Å². The van der Waals surface area contributed by atoms with Crippen LogP contribution in [0.5, 0.6) is 0 Å². The first-order chi connectivity index (χ1) is 9.56. The number of carboxylic acid groups (broad SMARTS) is 1. The van der Waals surface area contributed by atoms with Crippen LogP contribution in [0.15, 0.2) is 18.2 Å². The van der Waals surface area contributed by atoms with Crippen molar-refractivity contribution < 1.29 is 23.8 Å². The Hall–Kier alpha value is -2.15. The summed E-state index contributed by atoms with van der Waals surface area (Å²) in [7, 11) is 0. The molecule has 20 heavy (non-hydrogen) atoms. The molecule has 1 aromatic carbocycles. The van der Waals surface area contributed by atoms with Crippen molar-refractivity contribution in [2.75, 3.05) is 18.5 Å². The Morgan fingerprint density at radius 2 is 2.25 bits per heavy atom. The molecule has 1 unspecified atom stereocenters. The Morgan fingerprint density at radius 1 is 1.45 bits per heavy atom. The summed E-state index contributed by atoms with van der Waals surface area (Å²) in [6.45, 7) is 1.09. The fraction of sp³-hybridized carbons (Fsp3) is 0.385. The van der Waals surface area contributed by atoms with Crippen LogP contribution in [0.2, 0.25) is 0 Å². The molecule has 108 valence electrons. The number of carbonyl (C=O) groups excluding carboxylic acids is 1. The van der Waals surface area contributed by atoms with E-state index in [4.69, 9.17) is 9.84 Å². The molecule has 1 aliphatic heterocycles. The molecule has 1 saturated heterocycles. The molecule has 0 radical (unpaired) electrons. The van der Waals surface area contributed by atoms with E-state index in [0.717, 1.165) is 25.0 Å². The lowest BCUT2D eigenvalue weighted by atomic mass is 10.2. The maximum Gasteiger partial charge on any atom is 0.338 e. The molecule has 0 spiro atoms. The Balaban J connectivity index is 1.90. The highest BCUT2D eigenvalue weighted by Crippen LogP contribution is 2.15. The molecule has 0 aromatic heterocycles. The van der Waals surface area contributed by atoms with E-state index in [-0.39, 0.29) is 11.8 Å². The number of anilines is 1. The number of amides is 2. The smallest absolute Gasteiger partial charge is 0.338 e. The van der Waals surface area contributed by atoms with Gasteiger partial charge in [-0.2, -0.15) is 0 Å². The second-order valence-corrected chi connectivity index (χ2v) is 4.47. The van der Waals surface area contributed by atoms with Crippen LogP contribution in [0.4, 0.5) is 14.9 Å². The van der Waals surface area contributed by atoms with Crippen molar-refractivity contribution in [3.05, 3.63) is 29.6 Å². The zero-order valence-electron chi connectivity index (χ0n) is 10.7. The average Bonchev–Trinajstić information content (AvgIpc) is 2.91. The third kappa shape index (κ3) is 3.67. The van der Waals surface area contributed by atoms with Crippen molar-refractivity contribution in [2.24, 2.45) is 0 Å². The van der Waals surface area contributed by atoms with Gasteiger partial charge in [0.15, 0.2) is 0 Å². The quantitative estimate of drug-likeness (QED) is 0.786. The van der Waals surface area contributed by atoms with E-state index in [2.05, 4.69) is 10.6 Å². The van der Waals surface area contributed by atoms with Crippen LogP contribution in [-0.2, 0) is 4.74 Å². The summed E-state index contributed by atoms with van der Waals surface area (Å²) < 4.78 is 18.5. The molecular weight excluding hydrogens is 267 g/mol. The first-order valence-electron chi connectivity index (χ1n) is 6.25. The predicted octanol–water partition coefficient (Wildman–Crippen LogP) is 1.82.